The maximum atomic E-state index is 13.1. The Morgan fingerprint density at radius 3 is 3.06 bits per heavy atom. The van der Waals surface area contributed by atoms with E-state index in [4.69, 9.17) is 0 Å². The highest BCUT2D eigenvalue weighted by Gasteiger charge is 2.23. The van der Waals surface area contributed by atoms with Gasteiger partial charge in [0.25, 0.3) is 0 Å². The average molecular weight is 237 g/mol. The van der Waals surface area contributed by atoms with Crippen molar-refractivity contribution in [3.63, 3.8) is 0 Å². The molecule has 4 heteroatoms. The first-order valence-electron chi connectivity index (χ1n) is 6.22. The van der Waals surface area contributed by atoms with Gasteiger partial charge in [-0.25, -0.2) is 4.39 Å². The zero-order chi connectivity index (χ0) is 12.3. The molecule has 0 saturated carbocycles. The molecule has 2 rings (SSSR count). The van der Waals surface area contributed by atoms with Crippen LogP contribution in [0.1, 0.15) is 31.4 Å². The Balaban J connectivity index is 2.06. The normalized spacial score (nSPS) is 23.6. The number of rotatable bonds is 3. The van der Waals surface area contributed by atoms with Gasteiger partial charge in [-0.1, -0.05) is 0 Å². The fourth-order valence-corrected chi connectivity index (χ4v) is 2.46. The minimum Gasteiger partial charge on any atom is -0.316 e. The number of halogens is 1. The van der Waals surface area contributed by atoms with Crippen molar-refractivity contribution in [3.8, 4) is 0 Å². The van der Waals surface area contributed by atoms with Crippen molar-refractivity contribution < 1.29 is 4.39 Å². The van der Waals surface area contributed by atoms with Gasteiger partial charge in [-0.3, -0.25) is 9.88 Å². The van der Waals surface area contributed by atoms with E-state index in [1.54, 1.807) is 12.3 Å². The summed E-state index contributed by atoms with van der Waals surface area (Å²) >= 11 is 0. The number of pyridine rings is 1. The molecule has 17 heavy (non-hydrogen) atoms. The molecular formula is C13H20FN3. The number of likely N-dealkylation sites (N-methyl/N-ethyl adjacent to an activating group) is 1. The molecule has 94 valence electrons. The molecule has 2 unspecified atom stereocenters. The van der Waals surface area contributed by atoms with Crippen LogP contribution in [0.2, 0.25) is 0 Å². The smallest absolute Gasteiger partial charge is 0.141 e. The molecule has 1 saturated heterocycles. The maximum absolute atomic E-state index is 13.1. The van der Waals surface area contributed by atoms with Crippen LogP contribution in [0, 0.1) is 5.82 Å². The number of piperidine rings is 1. The molecule has 0 bridgehead atoms. The van der Waals surface area contributed by atoms with Gasteiger partial charge in [0.15, 0.2) is 0 Å². The summed E-state index contributed by atoms with van der Waals surface area (Å²) in [6.07, 6.45) is 5.43. The summed E-state index contributed by atoms with van der Waals surface area (Å²) in [6, 6.07) is 2.36. The zero-order valence-corrected chi connectivity index (χ0v) is 10.5. The van der Waals surface area contributed by atoms with Gasteiger partial charge in [-0.2, -0.15) is 0 Å². The SMILES string of the molecule is CNC1CCCN(C(C)c2cncc(F)c2)C1. The third-order valence-electron chi connectivity index (χ3n) is 3.62. The standard InChI is InChI=1S/C13H20FN3/c1-10(11-6-12(14)8-16-7-11)17-5-3-4-13(9-17)15-2/h6-8,10,13,15H,3-5,9H2,1-2H3. The highest BCUT2D eigenvalue weighted by Crippen LogP contribution is 2.23. The van der Waals surface area contributed by atoms with E-state index < -0.39 is 0 Å². The van der Waals surface area contributed by atoms with E-state index in [9.17, 15) is 4.39 Å². The molecule has 1 aromatic rings. The second kappa shape index (κ2) is 5.56. The second-order valence-corrected chi connectivity index (χ2v) is 4.74. The van der Waals surface area contributed by atoms with Crippen molar-refractivity contribution in [2.45, 2.75) is 31.8 Å². The number of likely N-dealkylation sites (tertiary alicyclic amines) is 1. The molecule has 2 atom stereocenters. The Morgan fingerprint density at radius 1 is 1.53 bits per heavy atom. The molecule has 0 amide bonds. The molecular weight excluding hydrogens is 217 g/mol. The third-order valence-corrected chi connectivity index (χ3v) is 3.62. The van der Waals surface area contributed by atoms with Crippen molar-refractivity contribution in [3.05, 3.63) is 29.8 Å². The Bertz CT molecular complexity index is 369. The lowest BCUT2D eigenvalue weighted by Gasteiger charge is -2.36. The van der Waals surface area contributed by atoms with Crippen LogP contribution in [0.4, 0.5) is 4.39 Å². The molecule has 1 fully saturated rings. The maximum Gasteiger partial charge on any atom is 0.141 e. The number of aromatic nitrogens is 1. The van der Waals surface area contributed by atoms with Crippen LogP contribution in [0.5, 0.6) is 0 Å². The first-order valence-corrected chi connectivity index (χ1v) is 6.22. The van der Waals surface area contributed by atoms with Crippen molar-refractivity contribution in [1.82, 2.24) is 15.2 Å². The number of hydrogen-bond donors (Lipinski definition) is 1. The monoisotopic (exact) mass is 237 g/mol. The van der Waals surface area contributed by atoms with E-state index in [2.05, 4.69) is 22.1 Å². The summed E-state index contributed by atoms with van der Waals surface area (Å²) in [7, 11) is 2.00. The Morgan fingerprint density at radius 2 is 2.35 bits per heavy atom. The van der Waals surface area contributed by atoms with Crippen molar-refractivity contribution >= 4 is 0 Å². The molecule has 0 aromatic carbocycles. The van der Waals surface area contributed by atoms with Crippen LogP contribution in [0.25, 0.3) is 0 Å². The summed E-state index contributed by atoms with van der Waals surface area (Å²) in [5.74, 6) is -0.253. The lowest BCUT2D eigenvalue weighted by Crippen LogP contribution is -2.45. The summed E-state index contributed by atoms with van der Waals surface area (Å²) < 4.78 is 13.1. The zero-order valence-electron chi connectivity index (χ0n) is 10.5. The number of nitrogens with zero attached hydrogens (tertiary/aromatic N) is 2. The first-order chi connectivity index (χ1) is 8.20. The Labute approximate surface area is 102 Å². The minimum atomic E-state index is -0.253. The molecule has 1 aliphatic heterocycles. The van der Waals surface area contributed by atoms with Gasteiger partial charge in [0, 0.05) is 24.8 Å². The van der Waals surface area contributed by atoms with Crippen LogP contribution in [-0.4, -0.2) is 36.1 Å². The molecule has 2 heterocycles. The van der Waals surface area contributed by atoms with Gasteiger partial charge in [-0.15, -0.1) is 0 Å². The van der Waals surface area contributed by atoms with Crippen LogP contribution >= 0.6 is 0 Å². The summed E-state index contributed by atoms with van der Waals surface area (Å²) in [4.78, 5) is 6.31. The molecule has 1 aromatic heterocycles. The van der Waals surface area contributed by atoms with Crippen LogP contribution in [0.15, 0.2) is 18.5 Å². The predicted octanol–water partition coefficient (Wildman–Crippen LogP) is 1.97. The van der Waals surface area contributed by atoms with E-state index in [0.29, 0.717) is 6.04 Å². The van der Waals surface area contributed by atoms with Gasteiger partial charge >= 0.3 is 0 Å². The molecule has 3 nitrogen and oxygen atoms in total. The van der Waals surface area contributed by atoms with E-state index >= 15 is 0 Å². The highest BCUT2D eigenvalue weighted by molar-refractivity contribution is 5.14. The van der Waals surface area contributed by atoms with Crippen molar-refractivity contribution in [2.24, 2.45) is 0 Å². The molecule has 0 radical (unpaired) electrons. The van der Waals surface area contributed by atoms with Gasteiger partial charge in [-0.05, 0) is 45.0 Å². The fraction of sp³-hybridized carbons (Fsp3) is 0.615. The second-order valence-electron chi connectivity index (χ2n) is 4.74. The largest absolute Gasteiger partial charge is 0.316 e. The predicted molar refractivity (Wildman–Crippen MR) is 66.3 cm³/mol. The lowest BCUT2D eigenvalue weighted by atomic mass is 10.0. The number of hydrogen-bond acceptors (Lipinski definition) is 3. The summed E-state index contributed by atoms with van der Waals surface area (Å²) in [6.45, 7) is 4.22. The molecule has 1 N–H and O–H groups in total. The molecule has 1 aliphatic rings. The third kappa shape index (κ3) is 3.01. The topological polar surface area (TPSA) is 28.2 Å². The van der Waals surface area contributed by atoms with E-state index in [1.165, 1.54) is 19.0 Å². The Hall–Kier alpha value is -1.00. The van der Waals surface area contributed by atoms with Gasteiger partial charge < -0.3 is 5.32 Å². The van der Waals surface area contributed by atoms with E-state index in [0.717, 1.165) is 18.7 Å². The van der Waals surface area contributed by atoms with E-state index in [1.807, 2.05) is 7.05 Å². The quantitative estimate of drug-likeness (QED) is 0.871. The van der Waals surface area contributed by atoms with Gasteiger partial charge in [0.2, 0.25) is 0 Å². The molecule has 0 aliphatic carbocycles. The van der Waals surface area contributed by atoms with Crippen LogP contribution in [-0.2, 0) is 0 Å². The fourth-order valence-electron chi connectivity index (χ4n) is 2.46. The van der Waals surface area contributed by atoms with Crippen molar-refractivity contribution in [2.75, 3.05) is 20.1 Å². The summed E-state index contributed by atoms with van der Waals surface area (Å²) in [5.41, 5.74) is 0.960. The van der Waals surface area contributed by atoms with Crippen LogP contribution in [0.3, 0.4) is 0 Å². The lowest BCUT2D eigenvalue weighted by molar-refractivity contribution is 0.149. The van der Waals surface area contributed by atoms with Crippen molar-refractivity contribution in [1.29, 1.82) is 0 Å². The average Bonchev–Trinajstić information content (AvgIpc) is 2.38. The van der Waals surface area contributed by atoms with Crippen LogP contribution < -0.4 is 5.32 Å². The summed E-state index contributed by atoms with van der Waals surface area (Å²) in [5, 5.41) is 3.32. The first kappa shape index (κ1) is 12.5. The number of nitrogens with one attached hydrogen (secondary N) is 1. The van der Waals surface area contributed by atoms with E-state index in [-0.39, 0.29) is 11.9 Å². The highest BCUT2D eigenvalue weighted by atomic mass is 19.1. The van der Waals surface area contributed by atoms with Gasteiger partial charge in [0.1, 0.15) is 5.82 Å². The molecule has 0 spiro atoms. The Kier molecular flexibility index (Phi) is 4.07. The minimum absolute atomic E-state index is 0.231. The van der Waals surface area contributed by atoms with Gasteiger partial charge in [0.05, 0.1) is 6.20 Å².